The number of benzene rings is 2. The maximum Gasteiger partial charge on any atom is 0.272 e. The molecule has 132 valence electrons. The second-order valence-electron chi connectivity index (χ2n) is 5.85. The van der Waals surface area contributed by atoms with Gasteiger partial charge in [-0.1, -0.05) is 49.4 Å². The minimum atomic E-state index is -0.349. The highest BCUT2D eigenvalue weighted by Crippen LogP contribution is 2.12. The van der Waals surface area contributed by atoms with Gasteiger partial charge in [-0.05, 0) is 41.8 Å². The average Bonchev–Trinajstić information content (AvgIpc) is 2.66. The van der Waals surface area contributed by atoms with E-state index in [0.29, 0.717) is 6.61 Å². The summed E-state index contributed by atoms with van der Waals surface area (Å²) in [6.45, 7) is 2.71. The lowest BCUT2D eigenvalue weighted by Gasteiger charge is -2.03. The summed E-state index contributed by atoms with van der Waals surface area (Å²) in [5, 5.41) is 0.434. The molecule has 1 aromatic heterocycles. The van der Waals surface area contributed by atoms with Gasteiger partial charge in [-0.3, -0.25) is 9.59 Å². The van der Waals surface area contributed by atoms with Crippen LogP contribution in [0.2, 0.25) is 0 Å². The predicted molar refractivity (Wildman–Crippen MR) is 103 cm³/mol. The van der Waals surface area contributed by atoms with Gasteiger partial charge in [0.25, 0.3) is 11.1 Å². The highest BCUT2D eigenvalue weighted by molar-refractivity contribution is 5.50. The lowest BCUT2D eigenvalue weighted by Crippen LogP contribution is -2.46. The molecule has 0 atom stereocenters. The Morgan fingerprint density at radius 3 is 1.88 bits per heavy atom. The Balaban J connectivity index is 1.95. The third-order valence-corrected chi connectivity index (χ3v) is 3.76. The molecule has 3 aromatic rings. The number of ether oxygens (including phenoxy) is 1. The van der Waals surface area contributed by atoms with Crippen LogP contribution in [-0.2, 0) is 0 Å². The van der Waals surface area contributed by atoms with Crippen molar-refractivity contribution in [3.63, 3.8) is 0 Å². The molecule has 0 spiro atoms. The fourth-order valence-electron chi connectivity index (χ4n) is 2.46. The lowest BCUT2D eigenvalue weighted by atomic mass is 10.2. The van der Waals surface area contributed by atoms with E-state index in [1.807, 2.05) is 61.5 Å². The summed E-state index contributed by atoms with van der Waals surface area (Å²) in [6.07, 6.45) is 4.22. The minimum Gasteiger partial charge on any atom is -0.494 e. The third kappa shape index (κ3) is 4.39. The first-order valence-electron chi connectivity index (χ1n) is 8.49. The van der Waals surface area contributed by atoms with Crippen molar-refractivity contribution in [2.45, 2.75) is 13.3 Å². The first-order chi connectivity index (χ1) is 12.7. The number of hydrogen-bond donors (Lipinski definition) is 2. The summed E-state index contributed by atoms with van der Waals surface area (Å²) in [5.41, 5.74) is 0.948. The van der Waals surface area contributed by atoms with E-state index in [-0.39, 0.29) is 21.8 Å². The fraction of sp³-hybridized carbons (Fsp3) is 0.143. The Bertz CT molecular complexity index is 1090. The number of aromatic amines is 2. The van der Waals surface area contributed by atoms with Crippen LogP contribution in [0.5, 0.6) is 5.75 Å². The first-order valence-corrected chi connectivity index (χ1v) is 8.49. The van der Waals surface area contributed by atoms with Crippen LogP contribution in [0.15, 0.2) is 64.2 Å². The monoisotopic (exact) mass is 348 g/mol. The van der Waals surface area contributed by atoms with Gasteiger partial charge in [0.1, 0.15) is 16.4 Å². The molecule has 0 amide bonds. The van der Waals surface area contributed by atoms with Crippen LogP contribution in [0.25, 0.3) is 12.2 Å². The molecule has 3 rings (SSSR count). The number of hydrogen-bond acceptors (Lipinski definition) is 3. The largest absolute Gasteiger partial charge is 0.494 e. The zero-order valence-electron chi connectivity index (χ0n) is 14.5. The number of nitrogens with one attached hydrogen (secondary N) is 2. The molecule has 0 aliphatic carbocycles. The predicted octanol–water partition coefficient (Wildman–Crippen LogP) is 1.51. The van der Waals surface area contributed by atoms with Crippen LogP contribution in [0.4, 0.5) is 0 Å². The highest BCUT2D eigenvalue weighted by Gasteiger charge is 1.98. The van der Waals surface area contributed by atoms with Crippen LogP contribution in [-0.4, -0.2) is 16.6 Å². The van der Waals surface area contributed by atoms with E-state index in [0.717, 1.165) is 23.3 Å². The molecule has 2 N–H and O–H groups in total. The molecular formula is C21H20N2O3. The minimum absolute atomic E-state index is 0.211. The average molecular weight is 348 g/mol. The molecule has 0 bridgehead atoms. The van der Waals surface area contributed by atoms with Crippen LogP contribution < -0.4 is 26.6 Å². The van der Waals surface area contributed by atoms with Gasteiger partial charge >= 0.3 is 0 Å². The van der Waals surface area contributed by atoms with E-state index in [9.17, 15) is 9.59 Å². The molecule has 1 heterocycles. The van der Waals surface area contributed by atoms with Crippen molar-refractivity contribution in [1.29, 1.82) is 0 Å². The van der Waals surface area contributed by atoms with Gasteiger partial charge in [0.2, 0.25) is 0 Å². The molecule has 26 heavy (non-hydrogen) atoms. The topological polar surface area (TPSA) is 75.0 Å². The third-order valence-electron chi connectivity index (χ3n) is 3.76. The Labute approximate surface area is 150 Å². The maximum absolute atomic E-state index is 12.3. The van der Waals surface area contributed by atoms with Gasteiger partial charge in [0, 0.05) is 0 Å². The quantitative estimate of drug-likeness (QED) is 0.734. The molecule has 0 aliphatic rings. The fourth-order valence-corrected chi connectivity index (χ4v) is 2.46. The normalized spacial score (nSPS) is 12.3. The Morgan fingerprint density at radius 1 is 0.808 bits per heavy atom. The van der Waals surface area contributed by atoms with Crippen LogP contribution in [0.1, 0.15) is 24.5 Å². The SMILES string of the molecule is CCCOc1ccc(C=c2[nH]c(=O)c(=Cc3ccccc3)[nH]c2=O)cc1. The van der Waals surface area contributed by atoms with Gasteiger partial charge in [0.05, 0.1) is 6.61 Å². The van der Waals surface area contributed by atoms with Crippen molar-refractivity contribution in [1.82, 2.24) is 9.97 Å². The second kappa shape index (κ2) is 8.16. The lowest BCUT2D eigenvalue weighted by molar-refractivity contribution is 0.317. The van der Waals surface area contributed by atoms with E-state index in [2.05, 4.69) is 9.97 Å². The summed E-state index contributed by atoms with van der Waals surface area (Å²) >= 11 is 0. The van der Waals surface area contributed by atoms with Crippen molar-refractivity contribution in [3.8, 4) is 5.75 Å². The van der Waals surface area contributed by atoms with E-state index >= 15 is 0 Å². The molecule has 5 heteroatoms. The molecule has 0 saturated carbocycles. The molecule has 5 nitrogen and oxygen atoms in total. The van der Waals surface area contributed by atoms with Crippen molar-refractivity contribution in [2.75, 3.05) is 6.61 Å². The Kier molecular flexibility index (Phi) is 5.49. The summed E-state index contributed by atoms with van der Waals surface area (Å²) in [6, 6.07) is 16.7. The summed E-state index contributed by atoms with van der Waals surface area (Å²) in [4.78, 5) is 29.8. The van der Waals surface area contributed by atoms with Crippen molar-refractivity contribution in [3.05, 3.63) is 97.1 Å². The van der Waals surface area contributed by atoms with E-state index < -0.39 is 0 Å². The zero-order valence-corrected chi connectivity index (χ0v) is 14.5. The molecule has 0 fully saturated rings. The Hall–Kier alpha value is -3.34. The van der Waals surface area contributed by atoms with Crippen molar-refractivity contribution >= 4 is 12.2 Å². The standard InChI is InChI=1S/C21H20N2O3/c1-2-12-26-17-10-8-16(9-11-17)14-19-21(25)22-18(20(24)23-19)13-15-6-4-3-5-7-15/h3-11,13-14H,2,12H2,1H3,(H,22,25)(H,23,24). The van der Waals surface area contributed by atoms with Crippen molar-refractivity contribution in [2.24, 2.45) is 0 Å². The van der Waals surface area contributed by atoms with Gasteiger partial charge in [-0.2, -0.15) is 0 Å². The maximum atomic E-state index is 12.3. The molecule has 0 aliphatic heterocycles. The molecular weight excluding hydrogens is 328 g/mol. The van der Waals surface area contributed by atoms with Gasteiger partial charge < -0.3 is 14.7 Å². The smallest absolute Gasteiger partial charge is 0.272 e. The van der Waals surface area contributed by atoms with E-state index in [1.54, 1.807) is 12.2 Å². The van der Waals surface area contributed by atoms with Gasteiger partial charge in [-0.15, -0.1) is 0 Å². The molecule has 0 radical (unpaired) electrons. The summed E-state index contributed by atoms with van der Waals surface area (Å²) in [7, 11) is 0. The Morgan fingerprint density at radius 2 is 1.35 bits per heavy atom. The van der Waals surface area contributed by atoms with Crippen molar-refractivity contribution < 1.29 is 4.74 Å². The number of aromatic nitrogens is 2. The summed E-state index contributed by atoms with van der Waals surface area (Å²) < 4.78 is 5.53. The highest BCUT2D eigenvalue weighted by atomic mass is 16.5. The number of rotatable bonds is 5. The second-order valence-corrected chi connectivity index (χ2v) is 5.85. The number of H-pyrrole nitrogens is 2. The molecule has 0 saturated heterocycles. The van der Waals surface area contributed by atoms with Crippen LogP contribution in [0.3, 0.4) is 0 Å². The molecule has 0 unspecified atom stereocenters. The van der Waals surface area contributed by atoms with Crippen LogP contribution in [0, 0.1) is 0 Å². The van der Waals surface area contributed by atoms with Crippen LogP contribution >= 0.6 is 0 Å². The van der Waals surface area contributed by atoms with E-state index in [4.69, 9.17) is 4.74 Å². The summed E-state index contributed by atoms with van der Waals surface area (Å²) in [5.74, 6) is 0.777. The zero-order chi connectivity index (χ0) is 18.4. The van der Waals surface area contributed by atoms with Gasteiger partial charge in [-0.25, -0.2) is 0 Å². The van der Waals surface area contributed by atoms with E-state index in [1.165, 1.54) is 0 Å². The van der Waals surface area contributed by atoms with Gasteiger partial charge in [0.15, 0.2) is 0 Å². The molecule has 2 aromatic carbocycles. The first kappa shape index (κ1) is 17.5.